The van der Waals surface area contributed by atoms with E-state index in [0.717, 1.165) is 18.6 Å². The van der Waals surface area contributed by atoms with Crippen LogP contribution in [0.4, 0.5) is 0 Å². The average molecular weight is 183 g/mol. The highest BCUT2D eigenvalue weighted by Gasteiger charge is 2.22. The minimum Gasteiger partial charge on any atom is -0.328 e. The van der Waals surface area contributed by atoms with E-state index in [0.29, 0.717) is 6.04 Å². The molecule has 0 bridgehead atoms. The molecule has 0 aromatic heterocycles. The normalized spacial score (nSPS) is 40.8. The summed E-state index contributed by atoms with van der Waals surface area (Å²) >= 11 is 0. The number of nitrogens with two attached hydrogens (primary N) is 1. The van der Waals surface area contributed by atoms with E-state index in [-0.39, 0.29) is 0 Å². The summed E-state index contributed by atoms with van der Waals surface area (Å²) in [5.74, 6) is 0. The Balaban J connectivity index is 1.69. The number of nitrogens with one attached hydrogen (secondary N) is 2. The van der Waals surface area contributed by atoms with E-state index in [2.05, 4.69) is 10.6 Å². The molecule has 1 saturated carbocycles. The molecule has 3 nitrogen and oxygen atoms in total. The number of rotatable bonds is 2. The largest absolute Gasteiger partial charge is 0.328 e. The fourth-order valence-corrected chi connectivity index (χ4v) is 2.42. The van der Waals surface area contributed by atoms with Crippen molar-refractivity contribution in [2.75, 3.05) is 13.1 Å². The van der Waals surface area contributed by atoms with Gasteiger partial charge in [-0.05, 0) is 38.6 Å². The van der Waals surface area contributed by atoms with Gasteiger partial charge in [0.2, 0.25) is 0 Å². The first kappa shape index (κ1) is 9.44. The predicted molar refractivity (Wildman–Crippen MR) is 54.6 cm³/mol. The minimum absolute atomic E-state index is 0.472. The van der Waals surface area contributed by atoms with Crippen LogP contribution in [0.5, 0.6) is 0 Å². The summed E-state index contributed by atoms with van der Waals surface area (Å²) in [6.07, 6.45) is 6.26. The molecular weight excluding hydrogens is 162 g/mol. The average Bonchev–Trinajstić information content (AvgIpc) is 2.62. The van der Waals surface area contributed by atoms with Crippen LogP contribution in [0, 0.1) is 0 Å². The van der Waals surface area contributed by atoms with Gasteiger partial charge < -0.3 is 16.4 Å². The molecule has 0 spiro atoms. The second-order valence-electron chi connectivity index (χ2n) is 4.47. The molecule has 0 radical (unpaired) electrons. The van der Waals surface area contributed by atoms with Gasteiger partial charge in [-0.15, -0.1) is 0 Å². The molecule has 0 aromatic carbocycles. The van der Waals surface area contributed by atoms with Crippen LogP contribution in [0.15, 0.2) is 0 Å². The lowest BCUT2D eigenvalue weighted by Gasteiger charge is -2.29. The lowest BCUT2D eigenvalue weighted by Crippen LogP contribution is -2.43. The second kappa shape index (κ2) is 4.40. The molecule has 2 rings (SSSR count). The van der Waals surface area contributed by atoms with Crippen LogP contribution in [0.25, 0.3) is 0 Å². The lowest BCUT2D eigenvalue weighted by atomic mass is 9.91. The molecule has 0 aromatic rings. The van der Waals surface area contributed by atoms with E-state index in [4.69, 9.17) is 5.73 Å². The summed E-state index contributed by atoms with van der Waals surface area (Å²) in [7, 11) is 0. The standard InChI is InChI=1S/C10H21N3/c11-8-1-3-9(4-2-8)13-10-5-6-12-7-10/h8-10,12-13H,1-7,11H2. The molecule has 2 aliphatic rings. The first-order valence-corrected chi connectivity index (χ1v) is 5.57. The molecule has 1 atom stereocenters. The van der Waals surface area contributed by atoms with Gasteiger partial charge in [0.15, 0.2) is 0 Å². The molecule has 1 saturated heterocycles. The van der Waals surface area contributed by atoms with Crippen molar-refractivity contribution in [1.29, 1.82) is 0 Å². The van der Waals surface area contributed by atoms with Crippen molar-refractivity contribution in [2.24, 2.45) is 5.73 Å². The summed E-state index contributed by atoms with van der Waals surface area (Å²) in [4.78, 5) is 0. The summed E-state index contributed by atoms with van der Waals surface area (Å²) < 4.78 is 0. The predicted octanol–water partition coefficient (Wildman–Crippen LogP) is 0.208. The third kappa shape index (κ3) is 2.66. The monoisotopic (exact) mass is 183 g/mol. The fourth-order valence-electron chi connectivity index (χ4n) is 2.42. The first-order valence-electron chi connectivity index (χ1n) is 5.57. The smallest absolute Gasteiger partial charge is 0.0207 e. The van der Waals surface area contributed by atoms with Crippen LogP contribution >= 0.6 is 0 Å². The Morgan fingerprint density at radius 3 is 2.38 bits per heavy atom. The van der Waals surface area contributed by atoms with Crippen molar-refractivity contribution < 1.29 is 0 Å². The van der Waals surface area contributed by atoms with Crippen LogP contribution in [0.1, 0.15) is 32.1 Å². The van der Waals surface area contributed by atoms with Crippen LogP contribution in [-0.2, 0) is 0 Å². The summed E-state index contributed by atoms with van der Waals surface area (Å²) in [6, 6.07) is 1.93. The van der Waals surface area contributed by atoms with E-state index in [9.17, 15) is 0 Å². The second-order valence-corrected chi connectivity index (χ2v) is 4.47. The van der Waals surface area contributed by atoms with E-state index in [1.807, 2.05) is 0 Å². The van der Waals surface area contributed by atoms with Crippen molar-refractivity contribution in [3.8, 4) is 0 Å². The van der Waals surface area contributed by atoms with Crippen molar-refractivity contribution in [2.45, 2.75) is 50.2 Å². The summed E-state index contributed by atoms with van der Waals surface area (Å²) in [5, 5.41) is 7.10. The highest BCUT2D eigenvalue weighted by Crippen LogP contribution is 2.18. The van der Waals surface area contributed by atoms with Gasteiger partial charge in [0.05, 0.1) is 0 Å². The van der Waals surface area contributed by atoms with Crippen molar-refractivity contribution >= 4 is 0 Å². The van der Waals surface area contributed by atoms with Gasteiger partial charge in [-0.2, -0.15) is 0 Å². The zero-order valence-corrected chi connectivity index (χ0v) is 8.26. The molecule has 1 heterocycles. The molecule has 3 heteroatoms. The SMILES string of the molecule is NC1CCC(NC2CCNC2)CC1. The fraction of sp³-hybridized carbons (Fsp3) is 1.00. The van der Waals surface area contributed by atoms with Gasteiger partial charge in [0.25, 0.3) is 0 Å². The Labute approximate surface area is 80.5 Å². The van der Waals surface area contributed by atoms with Crippen LogP contribution in [0.2, 0.25) is 0 Å². The third-order valence-electron chi connectivity index (χ3n) is 3.30. The minimum atomic E-state index is 0.472. The molecular formula is C10H21N3. The van der Waals surface area contributed by atoms with Crippen molar-refractivity contribution in [1.82, 2.24) is 10.6 Å². The number of hydrogen-bond acceptors (Lipinski definition) is 3. The van der Waals surface area contributed by atoms with Crippen molar-refractivity contribution in [3.63, 3.8) is 0 Å². The Kier molecular flexibility index (Phi) is 3.19. The Bertz CT molecular complexity index is 146. The molecule has 1 unspecified atom stereocenters. The Morgan fingerprint density at radius 2 is 1.77 bits per heavy atom. The number of hydrogen-bond donors (Lipinski definition) is 3. The maximum atomic E-state index is 5.86. The zero-order chi connectivity index (χ0) is 9.10. The van der Waals surface area contributed by atoms with Gasteiger partial charge in [-0.3, -0.25) is 0 Å². The maximum Gasteiger partial charge on any atom is 0.0207 e. The van der Waals surface area contributed by atoms with Crippen molar-refractivity contribution in [3.05, 3.63) is 0 Å². The lowest BCUT2D eigenvalue weighted by molar-refractivity contribution is 0.319. The van der Waals surface area contributed by atoms with E-state index >= 15 is 0 Å². The highest BCUT2D eigenvalue weighted by molar-refractivity contribution is 4.85. The first-order chi connectivity index (χ1) is 6.34. The van der Waals surface area contributed by atoms with Crippen LogP contribution in [0.3, 0.4) is 0 Å². The Morgan fingerprint density at radius 1 is 1.00 bits per heavy atom. The highest BCUT2D eigenvalue weighted by atomic mass is 15.0. The molecule has 1 aliphatic carbocycles. The van der Waals surface area contributed by atoms with Gasteiger partial charge >= 0.3 is 0 Å². The quantitative estimate of drug-likeness (QED) is 0.573. The molecule has 0 amide bonds. The van der Waals surface area contributed by atoms with E-state index in [1.165, 1.54) is 38.6 Å². The topological polar surface area (TPSA) is 50.1 Å². The maximum absolute atomic E-state index is 5.86. The summed E-state index contributed by atoms with van der Waals surface area (Å²) in [5.41, 5.74) is 5.86. The van der Waals surface area contributed by atoms with E-state index < -0.39 is 0 Å². The van der Waals surface area contributed by atoms with Gasteiger partial charge in [-0.25, -0.2) is 0 Å². The van der Waals surface area contributed by atoms with Crippen LogP contribution in [-0.4, -0.2) is 31.2 Å². The van der Waals surface area contributed by atoms with E-state index in [1.54, 1.807) is 0 Å². The van der Waals surface area contributed by atoms with Crippen LogP contribution < -0.4 is 16.4 Å². The molecule has 13 heavy (non-hydrogen) atoms. The Hall–Kier alpha value is -0.120. The van der Waals surface area contributed by atoms with Gasteiger partial charge in [0, 0.05) is 24.7 Å². The zero-order valence-electron chi connectivity index (χ0n) is 8.26. The summed E-state index contributed by atoms with van der Waals surface area (Å²) in [6.45, 7) is 2.34. The molecule has 4 N–H and O–H groups in total. The molecule has 76 valence electrons. The third-order valence-corrected chi connectivity index (χ3v) is 3.30. The van der Waals surface area contributed by atoms with Gasteiger partial charge in [0.1, 0.15) is 0 Å². The molecule has 2 fully saturated rings. The van der Waals surface area contributed by atoms with Gasteiger partial charge in [-0.1, -0.05) is 0 Å². The molecule has 1 aliphatic heterocycles.